The molecule has 2 N–H and O–H groups in total. The third-order valence-electron chi connectivity index (χ3n) is 8.00. The van der Waals surface area contributed by atoms with Gasteiger partial charge in [-0.3, -0.25) is 24.5 Å². The monoisotopic (exact) mass is 554 g/mol. The second kappa shape index (κ2) is 13.1. The number of hydrogen-bond donors (Lipinski definition) is 2. The van der Waals surface area contributed by atoms with Gasteiger partial charge in [-0.25, -0.2) is 18.2 Å². The maximum Gasteiger partial charge on any atom is 0.245 e. The largest absolute Gasteiger partial charge is 0.344 e. The molecule has 218 valence electrons. The van der Waals surface area contributed by atoms with E-state index >= 15 is 0 Å². The van der Waals surface area contributed by atoms with Gasteiger partial charge in [0.15, 0.2) is 11.6 Å². The van der Waals surface area contributed by atoms with Crippen molar-refractivity contribution in [2.24, 2.45) is 17.3 Å². The van der Waals surface area contributed by atoms with Crippen LogP contribution in [0.25, 0.3) is 0 Å². The minimum Gasteiger partial charge on any atom is -0.344 e. The fourth-order valence-electron chi connectivity index (χ4n) is 5.66. The Hall–Kier alpha value is -2.66. The topological polar surface area (TPSA) is 93.2 Å². The maximum atomic E-state index is 14.2. The van der Waals surface area contributed by atoms with Crippen molar-refractivity contribution in [2.45, 2.75) is 77.9 Å². The van der Waals surface area contributed by atoms with E-state index in [2.05, 4.69) is 5.32 Å². The van der Waals surface area contributed by atoms with Crippen LogP contribution in [0.1, 0.15) is 64.9 Å². The van der Waals surface area contributed by atoms with Gasteiger partial charge in [-0.15, -0.1) is 0 Å². The number of halogens is 3. The highest BCUT2D eigenvalue weighted by Gasteiger charge is 2.40. The van der Waals surface area contributed by atoms with E-state index in [1.807, 2.05) is 20.8 Å². The van der Waals surface area contributed by atoms with E-state index in [4.69, 9.17) is 0 Å². The van der Waals surface area contributed by atoms with Crippen molar-refractivity contribution in [3.63, 3.8) is 0 Å². The van der Waals surface area contributed by atoms with Crippen molar-refractivity contribution in [2.75, 3.05) is 26.7 Å². The number of carbonyl (C=O) groups is 3. The van der Waals surface area contributed by atoms with Crippen LogP contribution in [-0.4, -0.2) is 77.1 Å². The van der Waals surface area contributed by atoms with Crippen molar-refractivity contribution in [3.05, 3.63) is 35.1 Å². The Morgan fingerprint density at radius 2 is 1.77 bits per heavy atom. The van der Waals surface area contributed by atoms with E-state index in [1.165, 1.54) is 0 Å². The molecule has 1 heterocycles. The number of rotatable bonds is 11. The Bertz CT molecular complexity index is 1030. The number of likely N-dealkylation sites (tertiary alicyclic amines) is 1. The molecule has 0 spiro atoms. The Morgan fingerprint density at radius 3 is 2.38 bits per heavy atom. The second-order valence-electron chi connectivity index (χ2n) is 12.1. The molecular formula is C28H41F3N4O4. The van der Waals surface area contributed by atoms with Crippen LogP contribution in [-0.2, 0) is 20.9 Å². The van der Waals surface area contributed by atoms with Crippen molar-refractivity contribution >= 4 is 18.2 Å². The zero-order valence-electron chi connectivity index (χ0n) is 23.3. The van der Waals surface area contributed by atoms with E-state index in [9.17, 15) is 32.8 Å². The molecule has 0 aromatic heterocycles. The number of hydroxylamine groups is 2. The molecule has 1 aliphatic carbocycles. The number of likely N-dealkylation sites (N-methyl/N-ethyl adjacent to an activating group) is 1. The molecule has 39 heavy (non-hydrogen) atoms. The lowest BCUT2D eigenvalue weighted by atomic mass is 9.84. The third-order valence-corrected chi connectivity index (χ3v) is 8.00. The van der Waals surface area contributed by atoms with Gasteiger partial charge in [0.1, 0.15) is 11.9 Å². The Kier molecular flexibility index (Phi) is 10.4. The summed E-state index contributed by atoms with van der Waals surface area (Å²) in [6.45, 7) is 6.24. The first-order valence-electron chi connectivity index (χ1n) is 13.6. The van der Waals surface area contributed by atoms with Crippen LogP contribution >= 0.6 is 0 Å². The highest BCUT2D eigenvalue weighted by Crippen LogP contribution is 2.31. The average Bonchev–Trinajstić information content (AvgIpc) is 3.56. The van der Waals surface area contributed by atoms with Crippen molar-refractivity contribution in [3.8, 4) is 0 Å². The molecule has 0 bridgehead atoms. The van der Waals surface area contributed by atoms with Gasteiger partial charge in [0.25, 0.3) is 0 Å². The normalized spacial score (nSPS) is 19.8. The van der Waals surface area contributed by atoms with Crippen molar-refractivity contribution in [1.29, 1.82) is 0 Å². The van der Waals surface area contributed by atoms with Crippen molar-refractivity contribution in [1.82, 2.24) is 20.2 Å². The molecule has 0 radical (unpaired) electrons. The van der Waals surface area contributed by atoms with Crippen LogP contribution in [0, 0.1) is 34.7 Å². The lowest BCUT2D eigenvalue weighted by Gasteiger charge is -2.35. The summed E-state index contributed by atoms with van der Waals surface area (Å²) in [5.41, 5.74) is -0.588. The van der Waals surface area contributed by atoms with Gasteiger partial charge in [0.2, 0.25) is 18.2 Å². The van der Waals surface area contributed by atoms with E-state index in [1.54, 1.807) is 16.8 Å². The molecule has 1 aromatic rings. The average molecular weight is 555 g/mol. The summed E-state index contributed by atoms with van der Waals surface area (Å²) < 4.78 is 41.1. The van der Waals surface area contributed by atoms with E-state index in [-0.39, 0.29) is 42.9 Å². The molecular weight excluding hydrogens is 513 g/mol. The fraction of sp³-hybridized carbons (Fsp3) is 0.679. The zero-order valence-corrected chi connectivity index (χ0v) is 23.3. The SMILES string of the molecule is CN(Cc1cc(F)c(F)cc1F)[C@H]1CCN(C(=O)[C@@H](NC(=O)[C@H](CC2CCCC2)CN(O)C=O)C(C)(C)C)C1. The van der Waals surface area contributed by atoms with Gasteiger partial charge in [0, 0.05) is 37.3 Å². The first kappa shape index (κ1) is 30.9. The molecule has 1 saturated carbocycles. The number of benzene rings is 1. The molecule has 2 aliphatic rings. The third kappa shape index (κ3) is 8.17. The highest BCUT2D eigenvalue weighted by atomic mass is 19.2. The summed E-state index contributed by atoms with van der Waals surface area (Å²) in [7, 11) is 1.74. The molecule has 1 aliphatic heterocycles. The number of amides is 3. The molecule has 1 saturated heterocycles. The van der Waals surface area contributed by atoms with Crippen LogP contribution in [0.15, 0.2) is 12.1 Å². The zero-order chi connectivity index (χ0) is 28.9. The molecule has 2 fully saturated rings. The quantitative estimate of drug-likeness (QED) is 0.188. The van der Waals surface area contributed by atoms with Gasteiger partial charge in [-0.2, -0.15) is 0 Å². The predicted octanol–water partition coefficient (Wildman–Crippen LogP) is 3.71. The van der Waals surface area contributed by atoms with E-state index in [0.29, 0.717) is 43.0 Å². The number of carbonyl (C=O) groups excluding carboxylic acids is 3. The summed E-state index contributed by atoms with van der Waals surface area (Å²) >= 11 is 0. The van der Waals surface area contributed by atoms with Gasteiger partial charge in [0.05, 0.1) is 12.5 Å². The standard InChI is InChI=1S/C28H41F3N4O4/c1-28(2,3)25(32-26(37)20(15-35(39)17-36)11-18-7-5-6-8-18)27(38)34-10-9-21(16-34)33(4)14-19-12-23(30)24(31)13-22(19)29/h12-13,17-18,20-21,25,39H,5-11,14-16H2,1-4H3,(H,32,37)/t20-,21+,25-/m1/s1. The lowest BCUT2D eigenvalue weighted by Crippen LogP contribution is -2.56. The second-order valence-corrected chi connectivity index (χ2v) is 12.1. The van der Waals surface area contributed by atoms with Crippen LogP contribution in [0.4, 0.5) is 13.2 Å². The fourth-order valence-corrected chi connectivity index (χ4v) is 5.66. The molecule has 0 unspecified atom stereocenters. The van der Waals surface area contributed by atoms with Crippen LogP contribution in [0.5, 0.6) is 0 Å². The maximum absolute atomic E-state index is 14.2. The van der Waals surface area contributed by atoms with Gasteiger partial charge >= 0.3 is 0 Å². The molecule has 1 aromatic carbocycles. The van der Waals surface area contributed by atoms with Crippen LogP contribution in [0.2, 0.25) is 0 Å². The molecule has 8 nitrogen and oxygen atoms in total. The Labute approximate surface area is 228 Å². The molecule has 3 amide bonds. The number of nitrogens with zero attached hydrogens (tertiary/aromatic N) is 3. The van der Waals surface area contributed by atoms with E-state index < -0.39 is 34.8 Å². The summed E-state index contributed by atoms with van der Waals surface area (Å²) in [4.78, 5) is 41.5. The van der Waals surface area contributed by atoms with E-state index in [0.717, 1.165) is 31.7 Å². The summed E-state index contributed by atoms with van der Waals surface area (Å²) in [5, 5.41) is 13.2. The predicted molar refractivity (Wildman–Crippen MR) is 139 cm³/mol. The first-order valence-corrected chi connectivity index (χ1v) is 13.6. The molecule has 3 atom stereocenters. The minimum atomic E-state index is -1.24. The molecule has 3 rings (SSSR count). The summed E-state index contributed by atoms with van der Waals surface area (Å²) in [6, 6.07) is 0.408. The highest BCUT2D eigenvalue weighted by molar-refractivity contribution is 5.89. The summed E-state index contributed by atoms with van der Waals surface area (Å²) in [6.07, 6.45) is 5.57. The smallest absolute Gasteiger partial charge is 0.245 e. The Balaban J connectivity index is 1.67. The van der Waals surface area contributed by atoms with Crippen molar-refractivity contribution < 1.29 is 32.8 Å². The van der Waals surface area contributed by atoms with Crippen LogP contribution in [0.3, 0.4) is 0 Å². The summed E-state index contributed by atoms with van der Waals surface area (Å²) in [5.74, 6) is -4.13. The number of hydrogen-bond acceptors (Lipinski definition) is 5. The molecule has 11 heteroatoms. The van der Waals surface area contributed by atoms with Gasteiger partial charge < -0.3 is 10.2 Å². The van der Waals surface area contributed by atoms with Gasteiger partial charge in [-0.05, 0) is 37.3 Å². The van der Waals surface area contributed by atoms with Crippen LogP contribution < -0.4 is 5.32 Å². The lowest BCUT2D eigenvalue weighted by molar-refractivity contribution is -0.155. The number of nitrogens with one attached hydrogen (secondary N) is 1. The first-order chi connectivity index (χ1) is 18.3. The Morgan fingerprint density at radius 1 is 1.13 bits per heavy atom. The minimum absolute atomic E-state index is 0.0302. The van der Waals surface area contributed by atoms with Gasteiger partial charge in [-0.1, -0.05) is 46.5 Å².